The van der Waals surface area contributed by atoms with Crippen LogP contribution >= 0.6 is 23.1 Å². The van der Waals surface area contributed by atoms with E-state index in [1.165, 1.54) is 23.1 Å². The summed E-state index contributed by atoms with van der Waals surface area (Å²) in [5.74, 6) is -2.34. The molecule has 7 nitrogen and oxygen atoms in total. The van der Waals surface area contributed by atoms with Crippen LogP contribution in [0.4, 0.5) is 11.4 Å². The predicted molar refractivity (Wildman–Crippen MR) is 129 cm³/mol. The van der Waals surface area contributed by atoms with E-state index in [4.69, 9.17) is 0 Å². The van der Waals surface area contributed by atoms with E-state index in [0.717, 1.165) is 26.7 Å². The molecule has 3 aromatic rings. The Morgan fingerprint density at radius 2 is 1.76 bits per heavy atom. The summed E-state index contributed by atoms with van der Waals surface area (Å²) in [6, 6.07) is 14.7. The number of para-hydroxylation sites is 1. The molecule has 2 amide bonds. The molecule has 2 aromatic carbocycles. The summed E-state index contributed by atoms with van der Waals surface area (Å²) < 4.78 is 1.65. The van der Waals surface area contributed by atoms with E-state index in [2.05, 4.69) is 15.6 Å². The van der Waals surface area contributed by atoms with Crippen LogP contribution in [0.1, 0.15) is 6.42 Å². The number of carbonyl (C=O) groups is 3. The van der Waals surface area contributed by atoms with Crippen LogP contribution in [0, 0.1) is 23.7 Å². The van der Waals surface area contributed by atoms with Crippen LogP contribution in [0.25, 0.3) is 10.2 Å². The van der Waals surface area contributed by atoms with Crippen LogP contribution < -0.4 is 10.6 Å². The Bertz CT molecular complexity index is 1260. The molecule has 2 bridgehead atoms. The molecule has 2 aliphatic carbocycles. The molecule has 0 spiro atoms. The summed E-state index contributed by atoms with van der Waals surface area (Å²) in [5, 5.41) is 15.3. The zero-order valence-corrected chi connectivity index (χ0v) is 19.1. The van der Waals surface area contributed by atoms with Crippen LogP contribution in [0.3, 0.4) is 0 Å². The molecule has 2 aliphatic rings. The van der Waals surface area contributed by atoms with E-state index in [9.17, 15) is 19.5 Å². The standard InChI is InChI=1S/C24H21N3O4S2/c28-19(25-15-4-2-1-3-5-15)12-32-24-27-17-9-8-16(11-18(17)33-24)26-22(29)20-13-6-7-14(10-13)21(20)23(30)31/h1-9,11,13-14,20-21H,10,12H2,(H,25,28)(H,26,29)(H,30,31)/t13-,14-,20+,21-/m0/s1. The summed E-state index contributed by atoms with van der Waals surface area (Å²) in [6.45, 7) is 0. The van der Waals surface area contributed by atoms with Crippen molar-refractivity contribution in [2.75, 3.05) is 16.4 Å². The van der Waals surface area contributed by atoms with E-state index in [-0.39, 0.29) is 29.4 Å². The summed E-state index contributed by atoms with van der Waals surface area (Å²) in [7, 11) is 0. The van der Waals surface area contributed by atoms with Gasteiger partial charge in [0.2, 0.25) is 11.8 Å². The molecule has 168 valence electrons. The van der Waals surface area contributed by atoms with Gasteiger partial charge in [-0.2, -0.15) is 0 Å². The normalized spacial score (nSPS) is 23.0. The molecule has 0 unspecified atom stereocenters. The zero-order valence-electron chi connectivity index (χ0n) is 17.4. The van der Waals surface area contributed by atoms with Crippen molar-refractivity contribution in [3.8, 4) is 0 Å². The minimum atomic E-state index is -0.914. The molecule has 3 N–H and O–H groups in total. The summed E-state index contributed by atoms with van der Waals surface area (Å²) >= 11 is 2.81. The maximum atomic E-state index is 12.9. The summed E-state index contributed by atoms with van der Waals surface area (Å²) in [6.07, 6.45) is 4.62. The van der Waals surface area contributed by atoms with Crippen molar-refractivity contribution < 1.29 is 19.5 Å². The Hall–Kier alpha value is -3.17. The van der Waals surface area contributed by atoms with Crippen molar-refractivity contribution in [3.63, 3.8) is 0 Å². The van der Waals surface area contributed by atoms with E-state index in [1.54, 1.807) is 6.07 Å². The van der Waals surface area contributed by atoms with Gasteiger partial charge in [0, 0.05) is 11.4 Å². The fraction of sp³-hybridized carbons (Fsp3) is 0.250. The van der Waals surface area contributed by atoms with Gasteiger partial charge in [0.05, 0.1) is 27.8 Å². The van der Waals surface area contributed by atoms with Gasteiger partial charge in [0.25, 0.3) is 0 Å². The maximum Gasteiger partial charge on any atom is 0.307 e. The van der Waals surface area contributed by atoms with E-state index < -0.39 is 17.8 Å². The number of aliphatic carboxylic acids is 1. The molecule has 0 saturated heterocycles. The molecule has 9 heteroatoms. The highest BCUT2D eigenvalue weighted by molar-refractivity contribution is 8.01. The van der Waals surface area contributed by atoms with Crippen molar-refractivity contribution >= 4 is 62.5 Å². The summed E-state index contributed by atoms with van der Waals surface area (Å²) in [4.78, 5) is 41.4. The Balaban J connectivity index is 1.23. The lowest BCUT2D eigenvalue weighted by atomic mass is 9.82. The topological polar surface area (TPSA) is 108 Å². The van der Waals surface area contributed by atoms with Gasteiger partial charge >= 0.3 is 5.97 Å². The van der Waals surface area contributed by atoms with Crippen LogP contribution in [0.15, 0.2) is 65.0 Å². The second-order valence-electron chi connectivity index (χ2n) is 8.19. The van der Waals surface area contributed by atoms with E-state index in [1.807, 2.05) is 54.6 Å². The minimum absolute atomic E-state index is 0.0201. The number of benzene rings is 2. The third-order valence-corrected chi connectivity index (χ3v) is 8.23. The number of thioether (sulfide) groups is 1. The first-order valence-corrected chi connectivity index (χ1v) is 12.4. The third-order valence-electron chi connectivity index (χ3n) is 6.07. The second kappa shape index (κ2) is 8.99. The van der Waals surface area contributed by atoms with Crippen molar-refractivity contribution in [1.82, 2.24) is 4.98 Å². The van der Waals surface area contributed by atoms with Gasteiger partial charge in [-0.25, -0.2) is 4.98 Å². The van der Waals surface area contributed by atoms with E-state index in [0.29, 0.717) is 5.69 Å². The van der Waals surface area contributed by atoms with Gasteiger partial charge in [-0.15, -0.1) is 11.3 Å². The van der Waals surface area contributed by atoms with Crippen molar-refractivity contribution in [3.05, 3.63) is 60.7 Å². The lowest BCUT2D eigenvalue weighted by molar-refractivity contribution is -0.146. The first-order chi connectivity index (χ1) is 16.0. The molecule has 1 heterocycles. The molecule has 5 rings (SSSR count). The number of nitrogens with one attached hydrogen (secondary N) is 2. The number of fused-ring (bicyclic) bond motifs is 3. The number of hydrogen-bond donors (Lipinski definition) is 3. The Labute approximate surface area is 198 Å². The number of rotatable bonds is 7. The molecule has 1 fully saturated rings. The lowest BCUT2D eigenvalue weighted by Gasteiger charge is -2.23. The first-order valence-electron chi connectivity index (χ1n) is 10.6. The zero-order chi connectivity index (χ0) is 22.9. The van der Waals surface area contributed by atoms with Crippen LogP contribution in [-0.2, 0) is 14.4 Å². The van der Waals surface area contributed by atoms with Gasteiger partial charge < -0.3 is 15.7 Å². The minimum Gasteiger partial charge on any atom is -0.481 e. The number of carbonyl (C=O) groups excluding carboxylic acids is 2. The fourth-order valence-corrected chi connectivity index (χ4v) is 6.54. The average molecular weight is 480 g/mol. The molecule has 0 radical (unpaired) electrons. The van der Waals surface area contributed by atoms with E-state index >= 15 is 0 Å². The smallest absolute Gasteiger partial charge is 0.307 e. The monoisotopic (exact) mass is 479 g/mol. The van der Waals surface area contributed by atoms with Gasteiger partial charge in [-0.1, -0.05) is 42.1 Å². The van der Waals surface area contributed by atoms with Gasteiger partial charge in [0.15, 0.2) is 4.34 Å². The Morgan fingerprint density at radius 1 is 1.00 bits per heavy atom. The molecular weight excluding hydrogens is 458 g/mol. The van der Waals surface area contributed by atoms with Crippen LogP contribution in [0.5, 0.6) is 0 Å². The maximum absolute atomic E-state index is 12.9. The number of carboxylic acids is 1. The highest BCUT2D eigenvalue weighted by atomic mass is 32.2. The van der Waals surface area contributed by atoms with Crippen molar-refractivity contribution in [2.24, 2.45) is 23.7 Å². The molecule has 0 aliphatic heterocycles. The molecule has 33 heavy (non-hydrogen) atoms. The Kier molecular flexibility index (Phi) is 5.90. The van der Waals surface area contributed by atoms with Gasteiger partial charge in [-0.3, -0.25) is 14.4 Å². The molecular formula is C24H21N3O4S2. The number of carboxylic acid groups (broad SMARTS) is 1. The number of thiazole rings is 1. The predicted octanol–water partition coefficient (Wildman–Crippen LogP) is 4.49. The highest BCUT2D eigenvalue weighted by Crippen LogP contribution is 2.48. The molecule has 1 saturated carbocycles. The third kappa shape index (κ3) is 4.51. The SMILES string of the molecule is O=C(CSc1nc2ccc(NC(=O)[C@H]3[C@@H](C(=O)O)[C@H]4C=C[C@H]3C4)cc2s1)Nc1ccccc1. The number of nitrogens with zero attached hydrogens (tertiary/aromatic N) is 1. The van der Waals surface area contributed by atoms with Crippen molar-refractivity contribution in [1.29, 1.82) is 0 Å². The summed E-state index contributed by atoms with van der Waals surface area (Å²) in [5.41, 5.74) is 2.16. The lowest BCUT2D eigenvalue weighted by Crippen LogP contribution is -2.36. The average Bonchev–Trinajstić information content (AvgIpc) is 3.52. The number of aromatic nitrogens is 1. The number of allylic oxidation sites excluding steroid dienone is 2. The van der Waals surface area contributed by atoms with Crippen LogP contribution in [0.2, 0.25) is 0 Å². The largest absolute Gasteiger partial charge is 0.481 e. The molecule has 1 aromatic heterocycles. The van der Waals surface area contributed by atoms with Gasteiger partial charge in [-0.05, 0) is 48.6 Å². The number of amides is 2. The fourth-order valence-electron chi connectivity index (χ4n) is 4.63. The first kappa shape index (κ1) is 21.7. The van der Waals surface area contributed by atoms with Crippen LogP contribution in [-0.4, -0.2) is 33.6 Å². The number of anilines is 2. The second-order valence-corrected chi connectivity index (χ2v) is 10.4. The Morgan fingerprint density at radius 3 is 2.52 bits per heavy atom. The highest BCUT2D eigenvalue weighted by Gasteiger charge is 2.51. The van der Waals surface area contributed by atoms with Gasteiger partial charge in [0.1, 0.15) is 0 Å². The molecule has 4 atom stereocenters. The van der Waals surface area contributed by atoms with Crippen molar-refractivity contribution in [2.45, 2.75) is 10.8 Å². The quantitative estimate of drug-likeness (QED) is 0.340. The number of hydrogen-bond acceptors (Lipinski definition) is 6.